The van der Waals surface area contributed by atoms with Gasteiger partial charge in [0.05, 0.1) is 17.7 Å². The van der Waals surface area contributed by atoms with Crippen molar-refractivity contribution in [1.82, 2.24) is 20.7 Å². The Kier molecular flexibility index (Phi) is 5.83. The van der Waals surface area contributed by atoms with Gasteiger partial charge >= 0.3 is 0 Å². The molecule has 4 rings (SSSR count). The first-order chi connectivity index (χ1) is 13.2. The molecule has 2 fully saturated rings. The molecule has 3 unspecified atom stereocenters. The molecule has 0 aliphatic carbocycles. The molecule has 0 radical (unpaired) electrons. The minimum atomic E-state index is -0.164. The van der Waals surface area contributed by atoms with Gasteiger partial charge in [-0.1, -0.05) is 37.3 Å². The Balaban J connectivity index is 1.36. The van der Waals surface area contributed by atoms with E-state index in [2.05, 4.69) is 38.4 Å². The minimum Gasteiger partial charge on any atom is -0.302 e. The fourth-order valence-corrected chi connectivity index (χ4v) is 4.72. The zero-order valence-corrected chi connectivity index (χ0v) is 16.5. The number of nitrogens with one attached hydrogen (secondary N) is 3. The summed E-state index contributed by atoms with van der Waals surface area (Å²) in [6, 6.07) is 10.1. The number of rotatable bonds is 5. The molecule has 2 aliphatic heterocycles. The number of nitrogens with zero attached hydrogens (tertiary/aromatic N) is 2. The topological polar surface area (TPSA) is 69.3 Å². The summed E-state index contributed by atoms with van der Waals surface area (Å²) in [5.41, 5.74) is 8.50. The number of piperidine rings is 1. The maximum atomic E-state index is 12.8. The van der Waals surface area contributed by atoms with Gasteiger partial charge in [-0.15, -0.1) is 11.3 Å². The largest absolute Gasteiger partial charge is 0.302 e. The second-order valence-electron chi connectivity index (χ2n) is 7.64. The number of aromatic nitrogens is 1. The van der Waals surface area contributed by atoms with Crippen molar-refractivity contribution in [3.8, 4) is 0 Å². The zero-order valence-electron chi connectivity index (χ0n) is 15.6. The molecule has 6 nitrogen and oxygen atoms in total. The summed E-state index contributed by atoms with van der Waals surface area (Å²) in [4.78, 5) is 19.9. The normalized spacial score (nSPS) is 26.2. The van der Waals surface area contributed by atoms with E-state index in [1.807, 2.05) is 30.3 Å². The monoisotopic (exact) mass is 385 g/mol. The smallest absolute Gasteiger partial charge is 0.232 e. The van der Waals surface area contributed by atoms with Gasteiger partial charge in [-0.25, -0.2) is 10.4 Å². The summed E-state index contributed by atoms with van der Waals surface area (Å²) in [7, 11) is 0. The van der Waals surface area contributed by atoms with Crippen LogP contribution in [0.4, 0.5) is 5.13 Å². The van der Waals surface area contributed by atoms with Crippen molar-refractivity contribution in [2.75, 3.05) is 25.0 Å². The van der Waals surface area contributed by atoms with Gasteiger partial charge < -0.3 is 5.32 Å². The number of carbonyl (C=O) groups is 1. The first kappa shape index (κ1) is 18.6. The first-order valence-electron chi connectivity index (χ1n) is 9.70. The lowest BCUT2D eigenvalue weighted by atomic mass is 9.94. The standard InChI is InChI=1S/C20H27N5OS/c1-14-6-5-9-25(11-14)12-16-13-27-20(22-16)23-19(26)17-10-21-24-18(17)15-7-3-2-4-8-15/h2-4,7-8,13-14,17-18,21,24H,5-6,9-12H2,1H3,(H,22,23,26). The Morgan fingerprint density at radius 3 is 3.04 bits per heavy atom. The van der Waals surface area contributed by atoms with Crippen LogP contribution in [-0.2, 0) is 11.3 Å². The van der Waals surface area contributed by atoms with Gasteiger partial charge in [0.1, 0.15) is 0 Å². The van der Waals surface area contributed by atoms with E-state index >= 15 is 0 Å². The van der Waals surface area contributed by atoms with E-state index in [-0.39, 0.29) is 17.9 Å². The van der Waals surface area contributed by atoms with Crippen molar-refractivity contribution in [1.29, 1.82) is 0 Å². The number of hydrogen-bond acceptors (Lipinski definition) is 6. The van der Waals surface area contributed by atoms with Crippen molar-refractivity contribution < 1.29 is 4.79 Å². The van der Waals surface area contributed by atoms with Crippen LogP contribution in [0.15, 0.2) is 35.7 Å². The van der Waals surface area contributed by atoms with Crippen LogP contribution in [0.5, 0.6) is 0 Å². The average molecular weight is 386 g/mol. The fraction of sp³-hybridized carbons (Fsp3) is 0.500. The summed E-state index contributed by atoms with van der Waals surface area (Å²) in [5, 5.41) is 5.78. The van der Waals surface area contributed by atoms with E-state index in [0.717, 1.165) is 36.8 Å². The summed E-state index contributed by atoms with van der Waals surface area (Å²) < 4.78 is 0. The molecule has 0 spiro atoms. The van der Waals surface area contributed by atoms with Crippen LogP contribution in [0.3, 0.4) is 0 Å². The highest BCUT2D eigenvalue weighted by atomic mass is 32.1. The number of likely N-dealkylation sites (tertiary alicyclic amines) is 1. The van der Waals surface area contributed by atoms with E-state index in [0.29, 0.717) is 11.7 Å². The highest BCUT2D eigenvalue weighted by molar-refractivity contribution is 7.13. The lowest BCUT2D eigenvalue weighted by Gasteiger charge is -2.30. The second-order valence-corrected chi connectivity index (χ2v) is 8.49. The van der Waals surface area contributed by atoms with Crippen molar-refractivity contribution >= 4 is 22.4 Å². The molecule has 0 saturated carbocycles. The molecule has 1 aromatic heterocycles. The molecule has 3 atom stereocenters. The summed E-state index contributed by atoms with van der Waals surface area (Å²) in [6.07, 6.45) is 2.58. The van der Waals surface area contributed by atoms with Crippen LogP contribution in [0.1, 0.15) is 37.1 Å². The molecular formula is C20H27N5OS. The van der Waals surface area contributed by atoms with E-state index in [9.17, 15) is 4.79 Å². The van der Waals surface area contributed by atoms with Gasteiger partial charge in [0, 0.05) is 25.0 Å². The number of thiazole rings is 1. The van der Waals surface area contributed by atoms with E-state index < -0.39 is 0 Å². The summed E-state index contributed by atoms with van der Waals surface area (Å²) in [5.74, 6) is 0.602. The molecular weight excluding hydrogens is 358 g/mol. The Labute approximate surface area is 164 Å². The number of carbonyl (C=O) groups excluding carboxylic acids is 1. The number of anilines is 1. The lowest BCUT2D eigenvalue weighted by Crippen LogP contribution is -2.33. The SMILES string of the molecule is CC1CCCN(Cc2csc(NC(=O)C3CNNC3c3ccccc3)n2)C1. The van der Waals surface area contributed by atoms with Gasteiger partial charge in [0.15, 0.2) is 5.13 Å². The van der Waals surface area contributed by atoms with E-state index in [1.54, 1.807) is 0 Å². The predicted molar refractivity (Wildman–Crippen MR) is 108 cm³/mol. The third-order valence-corrected chi connectivity index (χ3v) is 6.19. The van der Waals surface area contributed by atoms with Gasteiger partial charge in [0.2, 0.25) is 5.91 Å². The molecule has 7 heteroatoms. The van der Waals surface area contributed by atoms with Crippen LogP contribution in [-0.4, -0.2) is 35.4 Å². The molecule has 0 bridgehead atoms. The van der Waals surface area contributed by atoms with Crippen LogP contribution in [0.2, 0.25) is 0 Å². The zero-order chi connectivity index (χ0) is 18.6. The molecule has 2 saturated heterocycles. The maximum absolute atomic E-state index is 12.8. The van der Waals surface area contributed by atoms with Gasteiger partial charge in [-0.2, -0.15) is 0 Å². The maximum Gasteiger partial charge on any atom is 0.232 e. The van der Waals surface area contributed by atoms with Crippen LogP contribution in [0, 0.1) is 11.8 Å². The third kappa shape index (κ3) is 4.55. The Hall–Kier alpha value is -1.80. The van der Waals surface area contributed by atoms with E-state index in [1.165, 1.54) is 24.2 Å². The number of hydrogen-bond donors (Lipinski definition) is 3. The predicted octanol–water partition coefficient (Wildman–Crippen LogP) is 2.78. The number of amides is 1. The summed E-state index contributed by atoms with van der Waals surface area (Å²) >= 11 is 1.51. The van der Waals surface area contributed by atoms with Crippen molar-refractivity contribution in [2.24, 2.45) is 11.8 Å². The van der Waals surface area contributed by atoms with Crippen molar-refractivity contribution in [3.05, 3.63) is 47.0 Å². The van der Waals surface area contributed by atoms with Gasteiger partial charge in [-0.05, 0) is 30.9 Å². The van der Waals surface area contributed by atoms with Crippen molar-refractivity contribution in [2.45, 2.75) is 32.4 Å². The van der Waals surface area contributed by atoms with E-state index in [4.69, 9.17) is 0 Å². The number of hydrazine groups is 1. The summed E-state index contributed by atoms with van der Waals surface area (Å²) in [6.45, 7) is 6.07. The average Bonchev–Trinajstić information content (AvgIpc) is 3.32. The lowest BCUT2D eigenvalue weighted by molar-refractivity contribution is -0.119. The molecule has 1 aromatic carbocycles. The molecule has 144 valence electrons. The van der Waals surface area contributed by atoms with Gasteiger partial charge in [0.25, 0.3) is 0 Å². The quantitative estimate of drug-likeness (QED) is 0.738. The molecule has 3 N–H and O–H groups in total. The van der Waals surface area contributed by atoms with Crippen molar-refractivity contribution in [3.63, 3.8) is 0 Å². The van der Waals surface area contributed by atoms with Gasteiger partial charge in [-0.3, -0.25) is 15.1 Å². The molecule has 2 aromatic rings. The Bertz CT molecular complexity index is 765. The molecule has 3 heterocycles. The highest BCUT2D eigenvalue weighted by Crippen LogP contribution is 2.27. The molecule has 27 heavy (non-hydrogen) atoms. The Morgan fingerprint density at radius 2 is 2.22 bits per heavy atom. The molecule has 1 amide bonds. The van der Waals surface area contributed by atoms with Crippen LogP contribution < -0.4 is 16.2 Å². The fourth-order valence-electron chi connectivity index (χ4n) is 4.01. The molecule has 2 aliphatic rings. The Morgan fingerprint density at radius 1 is 1.37 bits per heavy atom. The number of benzene rings is 1. The third-order valence-electron chi connectivity index (χ3n) is 5.39. The van der Waals surface area contributed by atoms with Crippen LogP contribution >= 0.6 is 11.3 Å². The minimum absolute atomic E-state index is 0.00819. The second kappa shape index (κ2) is 8.48. The highest BCUT2D eigenvalue weighted by Gasteiger charge is 2.34. The first-order valence-corrected chi connectivity index (χ1v) is 10.6. The van der Waals surface area contributed by atoms with Crippen LogP contribution in [0.25, 0.3) is 0 Å².